The number of hydrogen-bond donors (Lipinski definition) is 2. The number of carbonyl (C=O) groups is 1. The van der Waals surface area contributed by atoms with E-state index in [2.05, 4.69) is 10.5 Å². The van der Waals surface area contributed by atoms with E-state index in [0.717, 1.165) is 0 Å². The lowest BCUT2D eigenvalue weighted by molar-refractivity contribution is -0.148. The van der Waals surface area contributed by atoms with Gasteiger partial charge in [0, 0.05) is 6.07 Å². The molecule has 0 amide bonds. The Morgan fingerprint density at radius 3 is 2.94 bits per heavy atom. The Balaban J connectivity index is 2.23. The third-order valence-electron chi connectivity index (χ3n) is 3.12. The number of nitrogens with zero attached hydrogens (tertiary/aromatic N) is 1. The molecule has 96 valence electrons. The molecule has 0 radical (unpaired) electrons. The highest BCUT2D eigenvalue weighted by Crippen LogP contribution is 2.30. The number of ether oxygens (including phenoxy) is 1. The molecule has 18 heavy (non-hydrogen) atoms. The Morgan fingerprint density at radius 1 is 1.61 bits per heavy atom. The summed E-state index contributed by atoms with van der Waals surface area (Å²) in [6, 6.07) is 5.52. The summed E-state index contributed by atoms with van der Waals surface area (Å²) >= 11 is 0. The highest BCUT2D eigenvalue weighted by atomic mass is 19.1. The van der Waals surface area contributed by atoms with E-state index in [4.69, 9.17) is 4.74 Å². The minimum absolute atomic E-state index is 0.255. The summed E-state index contributed by atoms with van der Waals surface area (Å²) in [5, 5.41) is 13.1. The van der Waals surface area contributed by atoms with Crippen molar-refractivity contribution in [2.45, 2.75) is 20.1 Å². The van der Waals surface area contributed by atoms with E-state index in [1.54, 1.807) is 13.0 Å². The molecular weight excluding hydrogens is 239 g/mol. The van der Waals surface area contributed by atoms with Crippen molar-refractivity contribution in [2.75, 3.05) is 0 Å². The van der Waals surface area contributed by atoms with Crippen LogP contribution in [0.15, 0.2) is 29.4 Å². The van der Waals surface area contributed by atoms with Gasteiger partial charge in [-0.15, -0.1) is 0 Å². The van der Waals surface area contributed by atoms with Gasteiger partial charge in [-0.25, -0.2) is 4.39 Å². The number of nitrogens with one attached hydrogen (secondary N) is 1. The zero-order chi connectivity index (χ0) is 13.3. The van der Waals surface area contributed by atoms with Gasteiger partial charge < -0.3 is 9.84 Å². The molecule has 0 aliphatic carbocycles. The Hall–Kier alpha value is -2.11. The average Bonchev–Trinajstić information content (AvgIpc) is 2.59. The van der Waals surface area contributed by atoms with E-state index in [1.807, 2.05) is 0 Å². The number of halogens is 1. The summed E-state index contributed by atoms with van der Waals surface area (Å²) < 4.78 is 18.5. The Bertz CT molecular complexity index is 518. The Morgan fingerprint density at radius 2 is 2.33 bits per heavy atom. The first-order valence-electron chi connectivity index (χ1n) is 5.40. The minimum Gasteiger partial charge on any atom is -0.480 e. The van der Waals surface area contributed by atoms with Gasteiger partial charge in [0.25, 0.3) is 0 Å². The quantitative estimate of drug-likeness (QED) is 0.857. The predicted molar refractivity (Wildman–Crippen MR) is 62.8 cm³/mol. The average molecular weight is 252 g/mol. The number of rotatable bonds is 3. The van der Waals surface area contributed by atoms with E-state index >= 15 is 0 Å². The normalized spacial score (nSPS) is 26.4. The standard InChI is InChI=1S/C12H13FN2O3/c1-7-12(2,11(16)17)10(15-14-7)18-9-5-3-4-8(13)6-9/h3-6,10,15H,1-2H3,(H,16,17). The summed E-state index contributed by atoms with van der Waals surface area (Å²) in [4.78, 5) is 11.3. The van der Waals surface area contributed by atoms with Gasteiger partial charge in [0.1, 0.15) is 11.6 Å². The molecule has 2 N–H and O–H groups in total. The van der Waals surface area contributed by atoms with Gasteiger partial charge >= 0.3 is 5.97 Å². The summed E-state index contributed by atoms with van der Waals surface area (Å²) in [6.45, 7) is 3.12. The van der Waals surface area contributed by atoms with Crippen LogP contribution in [0, 0.1) is 11.2 Å². The van der Waals surface area contributed by atoms with Crippen LogP contribution in [0.3, 0.4) is 0 Å². The molecule has 0 saturated heterocycles. The largest absolute Gasteiger partial charge is 0.480 e. The van der Waals surface area contributed by atoms with E-state index < -0.39 is 23.4 Å². The van der Waals surface area contributed by atoms with Gasteiger partial charge in [-0.3, -0.25) is 10.2 Å². The van der Waals surface area contributed by atoms with Crippen LogP contribution in [0.5, 0.6) is 5.75 Å². The second-order valence-corrected chi connectivity index (χ2v) is 4.29. The van der Waals surface area contributed by atoms with Crippen LogP contribution in [-0.2, 0) is 4.79 Å². The Labute approximate surface area is 103 Å². The summed E-state index contributed by atoms with van der Waals surface area (Å²) in [6.07, 6.45) is -0.864. The van der Waals surface area contributed by atoms with Crippen molar-refractivity contribution in [3.63, 3.8) is 0 Å². The van der Waals surface area contributed by atoms with Crippen LogP contribution in [-0.4, -0.2) is 23.0 Å². The molecule has 5 nitrogen and oxygen atoms in total. The van der Waals surface area contributed by atoms with Crippen LogP contribution in [0.4, 0.5) is 4.39 Å². The van der Waals surface area contributed by atoms with Crippen LogP contribution < -0.4 is 10.2 Å². The lowest BCUT2D eigenvalue weighted by Crippen LogP contribution is -2.48. The maximum absolute atomic E-state index is 13.0. The fourth-order valence-electron chi connectivity index (χ4n) is 1.68. The van der Waals surface area contributed by atoms with E-state index in [9.17, 15) is 14.3 Å². The molecule has 2 rings (SSSR count). The fourth-order valence-corrected chi connectivity index (χ4v) is 1.68. The lowest BCUT2D eigenvalue weighted by atomic mass is 9.85. The molecule has 6 heteroatoms. The SMILES string of the molecule is CC1=NNC(Oc2cccc(F)c2)C1(C)C(=O)O. The lowest BCUT2D eigenvalue weighted by Gasteiger charge is -2.27. The highest BCUT2D eigenvalue weighted by molar-refractivity contribution is 6.06. The summed E-state index contributed by atoms with van der Waals surface area (Å²) in [7, 11) is 0. The number of aliphatic carboxylic acids is 1. The third-order valence-corrected chi connectivity index (χ3v) is 3.12. The zero-order valence-corrected chi connectivity index (χ0v) is 9.98. The van der Waals surface area contributed by atoms with Crippen LogP contribution in [0.25, 0.3) is 0 Å². The van der Waals surface area contributed by atoms with Crippen molar-refractivity contribution >= 4 is 11.7 Å². The third kappa shape index (κ3) is 1.90. The van der Waals surface area contributed by atoms with Gasteiger partial charge in [-0.2, -0.15) is 5.10 Å². The van der Waals surface area contributed by atoms with Gasteiger partial charge in [-0.05, 0) is 26.0 Å². The van der Waals surface area contributed by atoms with Crippen molar-refractivity contribution in [2.24, 2.45) is 10.5 Å². The monoisotopic (exact) mass is 252 g/mol. The molecule has 1 aliphatic rings. The van der Waals surface area contributed by atoms with Gasteiger partial charge in [0.05, 0.1) is 5.71 Å². The van der Waals surface area contributed by atoms with Crippen molar-refractivity contribution < 1.29 is 19.0 Å². The molecule has 0 aromatic heterocycles. The van der Waals surface area contributed by atoms with Crippen molar-refractivity contribution in [1.29, 1.82) is 0 Å². The first-order chi connectivity index (χ1) is 8.44. The van der Waals surface area contributed by atoms with Crippen molar-refractivity contribution in [1.82, 2.24) is 5.43 Å². The molecule has 1 heterocycles. The fraction of sp³-hybridized carbons (Fsp3) is 0.333. The molecule has 0 saturated carbocycles. The Kier molecular flexibility index (Phi) is 2.94. The van der Waals surface area contributed by atoms with Crippen LogP contribution >= 0.6 is 0 Å². The summed E-state index contributed by atoms with van der Waals surface area (Å²) in [5.41, 5.74) is 1.75. The van der Waals surface area contributed by atoms with Gasteiger partial charge in [-0.1, -0.05) is 6.07 Å². The topological polar surface area (TPSA) is 70.9 Å². The highest BCUT2D eigenvalue weighted by Gasteiger charge is 2.50. The smallest absolute Gasteiger partial charge is 0.321 e. The second-order valence-electron chi connectivity index (χ2n) is 4.29. The first-order valence-corrected chi connectivity index (χ1v) is 5.40. The van der Waals surface area contributed by atoms with E-state index in [1.165, 1.54) is 25.1 Å². The molecule has 1 aromatic carbocycles. The first kappa shape index (κ1) is 12.3. The second kappa shape index (κ2) is 4.29. The van der Waals surface area contributed by atoms with Crippen LogP contribution in [0.1, 0.15) is 13.8 Å². The van der Waals surface area contributed by atoms with Gasteiger partial charge in [0.15, 0.2) is 5.41 Å². The molecule has 0 bridgehead atoms. The number of benzene rings is 1. The minimum atomic E-state index is -1.27. The molecule has 1 aromatic rings. The maximum Gasteiger partial charge on any atom is 0.321 e. The summed E-state index contributed by atoms with van der Waals surface area (Å²) in [5.74, 6) is -1.24. The van der Waals surface area contributed by atoms with E-state index in [0.29, 0.717) is 5.71 Å². The molecule has 2 unspecified atom stereocenters. The number of carboxylic acid groups (broad SMARTS) is 1. The maximum atomic E-state index is 13.0. The molecular formula is C12H13FN2O3. The number of hydrogen-bond acceptors (Lipinski definition) is 4. The number of hydrazone groups is 1. The zero-order valence-electron chi connectivity index (χ0n) is 9.98. The predicted octanol–water partition coefficient (Wildman–Crippen LogP) is 1.60. The number of carboxylic acids is 1. The van der Waals surface area contributed by atoms with Crippen LogP contribution in [0.2, 0.25) is 0 Å². The van der Waals surface area contributed by atoms with Gasteiger partial charge in [0.2, 0.25) is 6.23 Å². The molecule has 2 atom stereocenters. The van der Waals surface area contributed by atoms with Crippen molar-refractivity contribution in [3.8, 4) is 5.75 Å². The molecule has 1 aliphatic heterocycles. The van der Waals surface area contributed by atoms with Crippen molar-refractivity contribution in [3.05, 3.63) is 30.1 Å². The van der Waals surface area contributed by atoms with E-state index in [-0.39, 0.29) is 5.75 Å². The molecule has 0 fully saturated rings. The molecule has 0 spiro atoms.